The van der Waals surface area contributed by atoms with Crippen molar-refractivity contribution < 1.29 is 22.0 Å². The summed E-state index contributed by atoms with van der Waals surface area (Å²) in [5.74, 6) is -2.51. The van der Waals surface area contributed by atoms with Gasteiger partial charge in [-0.1, -0.05) is 30.3 Å². The number of thiazole rings is 1. The number of aromatic nitrogens is 1. The standard InChI is InChI=1S/C22H21F2N3O3S2/c23-18-7-6-17(12-19(18)24)20-13-31-22(25-20)26-21(28)16-8-10-27(11-9-16)32(29,30)14-15-4-2-1-3-5-15/h1-7,12-13,16H,8-11,14H2,(H,25,26,28). The molecule has 2 aromatic carbocycles. The van der Waals surface area contributed by atoms with Crippen LogP contribution in [-0.4, -0.2) is 36.7 Å². The van der Waals surface area contributed by atoms with Gasteiger partial charge in [-0.3, -0.25) is 4.79 Å². The number of amides is 1. The van der Waals surface area contributed by atoms with Gasteiger partial charge >= 0.3 is 0 Å². The Bertz CT molecular complexity index is 1210. The Hall–Kier alpha value is -2.69. The van der Waals surface area contributed by atoms with Gasteiger partial charge in [-0.15, -0.1) is 11.3 Å². The summed E-state index contributed by atoms with van der Waals surface area (Å²) in [7, 11) is -3.44. The lowest BCUT2D eigenvalue weighted by Gasteiger charge is -2.30. The molecule has 1 amide bonds. The van der Waals surface area contributed by atoms with Gasteiger partial charge in [-0.2, -0.15) is 0 Å². The molecule has 0 radical (unpaired) electrons. The van der Waals surface area contributed by atoms with E-state index in [0.29, 0.717) is 29.2 Å². The number of benzene rings is 2. The van der Waals surface area contributed by atoms with Gasteiger partial charge in [0.25, 0.3) is 0 Å². The predicted molar refractivity (Wildman–Crippen MR) is 119 cm³/mol. The van der Waals surface area contributed by atoms with Gasteiger partial charge in [-0.25, -0.2) is 26.5 Å². The molecule has 4 rings (SSSR count). The van der Waals surface area contributed by atoms with Crippen LogP contribution in [0.3, 0.4) is 0 Å². The summed E-state index contributed by atoms with van der Waals surface area (Å²) in [5, 5.41) is 4.76. The average molecular weight is 478 g/mol. The molecule has 6 nitrogen and oxygen atoms in total. The fraction of sp³-hybridized carbons (Fsp3) is 0.273. The maximum atomic E-state index is 13.4. The van der Waals surface area contributed by atoms with E-state index in [4.69, 9.17) is 0 Å². The molecule has 10 heteroatoms. The lowest BCUT2D eigenvalue weighted by molar-refractivity contribution is -0.120. The molecule has 0 unspecified atom stereocenters. The minimum Gasteiger partial charge on any atom is -0.302 e. The molecule has 3 aromatic rings. The number of piperidine rings is 1. The van der Waals surface area contributed by atoms with E-state index >= 15 is 0 Å². The van der Waals surface area contributed by atoms with Gasteiger partial charge in [0, 0.05) is 30.0 Å². The second-order valence-corrected chi connectivity index (χ2v) is 10.4. The number of hydrogen-bond donors (Lipinski definition) is 1. The molecule has 0 spiro atoms. The molecular weight excluding hydrogens is 456 g/mol. The number of sulfonamides is 1. The van der Waals surface area contributed by atoms with Crippen molar-refractivity contribution in [3.05, 3.63) is 71.1 Å². The summed E-state index contributed by atoms with van der Waals surface area (Å²) in [5.41, 5.74) is 1.58. The van der Waals surface area contributed by atoms with Gasteiger partial charge in [0.1, 0.15) is 0 Å². The topological polar surface area (TPSA) is 79.4 Å². The molecule has 1 aliphatic rings. The Morgan fingerprint density at radius 3 is 2.50 bits per heavy atom. The molecule has 0 bridgehead atoms. The van der Waals surface area contributed by atoms with Crippen LogP contribution in [0.25, 0.3) is 11.3 Å². The number of hydrogen-bond acceptors (Lipinski definition) is 5. The lowest BCUT2D eigenvalue weighted by atomic mass is 9.97. The van der Waals surface area contributed by atoms with E-state index in [9.17, 15) is 22.0 Å². The smallest absolute Gasteiger partial charge is 0.229 e. The molecule has 168 valence electrons. The SMILES string of the molecule is O=C(Nc1nc(-c2ccc(F)c(F)c2)cs1)C1CCN(S(=O)(=O)Cc2ccccc2)CC1. The molecule has 1 aliphatic heterocycles. The second-order valence-electron chi connectivity index (χ2n) is 7.57. The van der Waals surface area contributed by atoms with Crippen molar-refractivity contribution in [2.24, 2.45) is 5.92 Å². The quantitative estimate of drug-likeness (QED) is 0.575. The fourth-order valence-corrected chi connectivity index (χ4v) is 5.88. The van der Waals surface area contributed by atoms with Gasteiger partial charge in [0.05, 0.1) is 11.4 Å². The van der Waals surface area contributed by atoms with E-state index in [2.05, 4.69) is 10.3 Å². The van der Waals surface area contributed by atoms with Crippen LogP contribution >= 0.6 is 11.3 Å². The molecule has 1 fully saturated rings. The highest BCUT2D eigenvalue weighted by Gasteiger charge is 2.31. The van der Waals surface area contributed by atoms with Crippen LogP contribution in [-0.2, 0) is 20.6 Å². The van der Waals surface area contributed by atoms with Gasteiger partial charge in [0.2, 0.25) is 15.9 Å². The van der Waals surface area contributed by atoms with Crippen molar-refractivity contribution in [1.29, 1.82) is 0 Å². The third-order valence-corrected chi connectivity index (χ3v) is 7.97. The third-order valence-electron chi connectivity index (χ3n) is 5.36. The van der Waals surface area contributed by atoms with Crippen LogP contribution < -0.4 is 5.32 Å². The molecule has 32 heavy (non-hydrogen) atoms. The Morgan fingerprint density at radius 2 is 1.81 bits per heavy atom. The molecule has 1 aromatic heterocycles. The minimum atomic E-state index is -3.44. The first-order chi connectivity index (χ1) is 15.3. The van der Waals surface area contributed by atoms with E-state index in [1.165, 1.54) is 21.7 Å². The number of nitrogens with one attached hydrogen (secondary N) is 1. The molecule has 1 saturated heterocycles. The predicted octanol–water partition coefficient (Wildman–Crippen LogP) is 4.27. The first kappa shape index (κ1) is 22.5. The fourth-order valence-electron chi connectivity index (χ4n) is 3.60. The highest BCUT2D eigenvalue weighted by molar-refractivity contribution is 7.88. The number of anilines is 1. The maximum Gasteiger partial charge on any atom is 0.229 e. The van der Waals surface area contributed by atoms with Crippen LogP contribution in [0.15, 0.2) is 53.9 Å². The maximum absolute atomic E-state index is 13.4. The van der Waals surface area contributed by atoms with E-state index in [-0.39, 0.29) is 30.7 Å². The Kier molecular flexibility index (Phi) is 6.63. The zero-order chi connectivity index (χ0) is 22.7. The zero-order valence-electron chi connectivity index (χ0n) is 17.0. The normalized spacial score (nSPS) is 15.6. The number of carbonyl (C=O) groups excluding carboxylic acids is 1. The van der Waals surface area contributed by atoms with Crippen LogP contribution in [0.4, 0.5) is 13.9 Å². The molecule has 0 saturated carbocycles. The summed E-state index contributed by atoms with van der Waals surface area (Å²) in [4.78, 5) is 16.9. The summed E-state index contributed by atoms with van der Waals surface area (Å²) in [6.07, 6.45) is 0.836. The summed E-state index contributed by atoms with van der Waals surface area (Å²) in [6, 6.07) is 12.5. The summed E-state index contributed by atoms with van der Waals surface area (Å²) < 4.78 is 53.3. The van der Waals surface area contributed by atoms with Gasteiger partial charge in [-0.05, 0) is 36.6 Å². The summed E-state index contributed by atoms with van der Waals surface area (Å²) >= 11 is 1.19. The molecule has 0 aliphatic carbocycles. The van der Waals surface area contributed by atoms with Crippen molar-refractivity contribution in [1.82, 2.24) is 9.29 Å². The van der Waals surface area contributed by atoms with Gasteiger partial charge < -0.3 is 5.32 Å². The third kappa shape index (κ3) is 5.20. The van der Waals surface area contributed by atoms with Crippen molar-refractivity contribution in [2.75, 3.05) is 18.4 Å². The first-order valence-corrected chi connectivity index (χ1v) is 12.5. The van der Waals surface area contributed by atoms with Crippen LogP contribution in [0.1, 0.15) is 18.4 Å². The molecule has 2 heterocycles. The molecular formula is C22H21F2N3O3S2. The van der Waals surface area contributed by atoms with Crippen LogP contribution in [0.5, 0.6) is 0 Å². The second kappa shape index (κ2) is 9.43. The Morgan fingerprint density at radius 1 is 1.09 bits per heavy atom. The lowest BCUT2D eigenvalue weighted by Crippen LogP contribution is -2.41. The first-order valence-electron chi connectivity index (χ1n) is 10.1. The number of carbonyl (C=O) groups is 1. The van der Waals surface area contributed by atoms with Crippen LogP contribution in [0.2, 0.25) is 0 Å². The minimum absolute atomic E-state index is 0.0590. The zero-order valence-corrected chi connectivity index (χ0v) is 18.6. The van der Waals surface area contributed by atoms with E-state index in [1.807, 2.05) is 6.07 Å². The monoisotopic (exact) mass is 477 g/mol. The summed E-state index contributed by atoms with van der Waals surface area (Å²) in [6.45, 7) is 0.566. The largest absolute Gasteiger partial charge is 0.302 e. The van der Waals surface area contributed by atoms with Crippen molar-refractivity contribution >= 4 is 32.4 Å². The average Bonchev–Trinajstić information content (AvgIpc) is 3.24. The Balaban J connectivity index is 1.33. The van der Waals surface area contributed by atoms with E-state index < -0.39 is 21.7 Å². The van der Waals surface area contributed by atoms with Crippen molar-refractivity contribution in [2.45, 2.75) is 18.6 Å². The highest BCUT2D eigenvalue weighted by Crippen LogP contribution is 2.28. The van der Waals surface area contributed by atoms with Crippen molar-refractivity contribution in [3.8, 4) is 11.3 Å². The van der Waals surface area contributed by atoms with Gasteiger partial charge in [0.15, 0.2) is 16.8 Å². The van der Waals surface area contributed by atoms with Crippen molar-refractivity contribution in [3.63, 3.8) is 0 Å². The highest BCUT2D eigenvalue weighted by atomic mass is 32.2. The number of halogens is 2. The molecule has 0 atom stereocenters. The molecule has 1 N–H and O–H groups in total. The Labute approximate surface area is 189 Å². The van der Waals surface area contributed by atoms with E-state index in [1.54, 1.807) is 29.6 Å². The number of nitrogens with zero attached hydrogens (tertiary/aromatic N) is 2. The number of rotatable bonds is 6. The van der Waals surface area contributed by atoms with E-state index in [0.717, 1.165) is 17.7 Å². The van der Waals surface area contributed by atoms with Crippen LogP contribution in [0, 0.1) is 17.6 Å².